The molecule has 1 atom stereocenters. The first-order chi connectivity index (χ1) is 7.35. The average molecular weight is 244 g/mol. The van der Waals surface area contributed by atoms with Crippen molar-refractivity contribution in [2.45, 2.75) is 59.7 Å². The minimum absolute atomic E-state index is 0.0110. The molecule has 3 heteroatoms. The first kappa shape index (κ1) is 15.8. The molecule has 0 bridgehead atoms. The van der Waals surface area contributed by atoms with E-state index in [1.165, 1.54) is 0 Å². The van der Waals surface area contributed by atoms with Crippen molar-refractivity contribution in [1.82, 2.24) is 0 Å². The molecule has 0 rings (SSSR count). The second kappa shape index (κ2) is 6.55. The molecule has 0 fully saturated rings. The number of carbonyl (C=O) groups excluding carboxylic acids is 1. The van der Waals surface area contributed by atoms with E-state index in [4.69, 9.17) is 4.43 Å². The van der Waals surface area contributed by atoms with Crippen LogP contribution in [0, 0.1) is 11.3 Å². The Morgan fingerprint density at radius 3 is 1.81 bits per heavy atom. The molecule has 0 aromatic heterocycles. The van der Waals surface area contributed by atoms with E-state index in [1.54, 1.807) is 0 Å². The van der Waals surface area contributed by atoms with Crippen molar-refractivity contribution in [3.05, 3.63) is 0 Å². The maximum Gasteiger partial charge on any atom is 0.192 e. The van der Waals surface area contributed by atoms with Crippen molar-refractivity contribution in [2.24, 2.45) is 11.3 Å². The minimum Gasteiger partial charge on any atom is -0.416 e. The van der Waals surface area contributed by atoms with Crippen LogP contribution in [0.1, 0.15) is 41.5 Å². The molecule has 1 unspecified atom stereocenters. The molecular weight excluding hydrogens is 216 g/mol. The predicted octanol–water partition coefficient (Wildman–Crippen LogP) is 3.87. The Balaban J connectivity index is 4.45. The highest BCUT2D eigenvalue weighted by Gasteiger charge is 2.32. The summed E-state index contributed by atoms with van der Waals surface area (Å²) in [5, 5.41) is 0. The fourth-order valence-electron chi connectivity index (χ4n) is 1.82. The molecule has 0 amide bonds. The molecule has 0 heterocycles. The van der Waals surface area contributed by atoms with Gasteiger partial charge in [-0.25, -0.2) is 0 Å². The predicted molar refractivity (Wildman–Crippen MR) is 72.2 cm³/mol. The maximum atomic E-state index is 11.1. The highest BCUT2D eigenvalue weighted by Crippen LogP contribution is 2.28. The van der Waals surface area contributed by atoms with Gasteiger partial charge in [-0.1, -0.05) is 41.5 Å². The second-order valence-electron chi connectivity index (χ2n) is 5.66. The minimum atomic E-state index is -1.53. The number of rotatable bonds is 7. The largest absolute Gasteiger partial charge is 0.416 e. The number of hydrogen-bond acceptors (Lipinski definition) is 2. The molecule has 0 saturated heterocycles. The lowest BCUT2D eigenvalue weighted by Gasteiger charge is -2.33. The Morgan fingerprint density at radius 2 is 1.56 bits per heavy atom. The van der Waals surface area contributed by atoms with Gasteiger partial charge < -0.3 is 9.22 Å². The summed E-state index contributed by atoms with van der Waals surface area (Å²) >= 11 is 0. The Morgan fingerprint density at radius 1 is 1.12 bits per heavy atom. The van der Waals surface area contributed by atoms with Crippen LogP contribution in [0.25, 0.3) is 0 Å². The number of aldehydes is 1. The van der Waals surface area contributed by atoms with Crippen LogP contribution in [-0.4, -0.2) is 21.2 Å². The Hall–Kier alpha value is -0.153. The van der Waals surface area contributed by atoms with E-state index in [-0.39, 0.29) is 11.3 Å². The van der Waals surface area contributed by atoms with E-state index >= 15 is 0 Å². The van der Waals surface area contributed by atoms with Crippen LogP contribution in [0.2, 0.25) is 18.1 Å². The molecule has 2 nitrogen and oxygen atoms in total. The molecule has 0 aliphatic heterocycles. The van der Waals surface area contributed by atoms with Crippen molar-refractivity contribution < 1.29 is 9.22 Å². The topological polar surface area (TPSA) is 26.3 Å². The zero-order chi connectivity index (χ0) is 12.8. The van der Waals surface area contributed by atoms with Crippen LogP contribution in [0.3, 0.4) is 0 Å². The number of carbonyl (C=O) groups is 1. The smallest absolute Gasteiger partial charge is 0.192 e. The van der Waals surface area contributed by atoms with Crippen molar-refractivity contribution in [2.75, 3.05) is 6.61 Å². The van der Waals surface area contributed by atoms with Gasteiger partial charge in [-0.15, -0.1) is 0 Å². The lowest BCUT2D eigenvalue weighted by Crippen LogP contribution is -2.39. The van der Waals surface area contributed by atoms with E-state index in [2.05, 4.69) is 41.5 Å². The van der Waals surface area contributed by atoms with Gasteiger partial charge >= 0.3 is 0 Å². The van der Waals surface area contributed by atoms with Gasteiger partial charge in [0, 0.05) is 12.5 Å². The monoisotopic (exact) mass is 244 g/mol. The first-order valence-corrected chi connectivity index (χ1v) is 8.97. The van der Waals surface area contributed by atoms with Gasteiger partial charge in [0.05, 0.1) is 0 Å². The van der Waals surface area contributed by atoms with Crippen LogP contribution >= 0.6 is 0 Å². The van der Waals surface area contributed by atoms with Crippen LogP contribution in [0.5, 0.6) is 0 Å². The standard InChI is InChI=1S/C13H28O2Si/c1-7-16(8-2,9-3)15-11-12(10-14)13(4,5)6/h10,12H,7-9,11H2,1-6H3. The van der Waals surface area contributed by atoms with Crippen LogP contribution < -0.4 is 0 Å². The lowest BCUT2D eigenvalue weighted by atomic mass is 9.82. The molecule has 0 aliphatic carbocycles. The van der Waals surface area contributed by atoms with Crippen LogP contribution in [0.15, 0.2) is 0 Å². The van der Waals surface area contributed by atoms with E-state index in [0.717, 1.165) is 24.4 Å². The van der Waals surface area contributed by atoms with Gasteiger partial charge in [-0.05, 0) is 23.5 Å². The fourth-order valence-corrected chi connectivity index (χ4v) is 4.46. The summed E-state index contributed by atoms with van der Waals surface area (Å²) in [4.78, 5) is 11.1. The maximum absolute atomic E-state index is 11.1. The van der Waals surface area contributed by atoms with Gasteiger partial charge in [0.1, 0.15) is 6.29 Å². The molecule has 0 N–H and O–H groups in total. The summed E-state index contributed by atoms with van der Waals surface area (Å²) in [6.07, 6.45) is 1.06. The lowest BCUT2D eigenvalue weighted by molar-refractivity contribution is -0.115. The molecule has 0 saturated carbocycles. The van der Waals surface area contributed by atoms with E-state index < -0.39 is 8.32 Å². The van der Waals surface area contributed by atoms with Crippen molar-refractivity contribution in [1.29, 1.82) is 0 Å². The third-order valence-electron chi connectivity index (χ3n) is 3.78. The molecule has 0 spiro atoms. The van der Waals surface area contributed by atoms with E-state index in [1.807, 2.05) is 0 Å². The normalized spacial score (nSPS) is 14.9. The molecule has 0 aromatic carbocycles. The summed E-state index contributed by atoms with van der Waals surface area (Å²) < 4.78 is 6.16. The SMILES string of the molecule is CC[Si](CC)(CC)OCC(C=O)C(C)(C)C. The zero-order valence-electron chi connectivity index (χ0n) is 11.8. The molecule has 0 aliphatic rings. The molecule has 0 aromatic rings. The second-order valence-corrected chi connectivity index (χ2v) is 10.4. The van der Waals surface area contributed by atoms with Gasteiger partial charge in [0.25, 0.3) is 0 Å². The molecule has 96 valence electrons. The third kappa shape index (κ3) is 4.38. The van der Waals surface area contributed by atoms with Crippen molar-refractivity contribution in [3.63, 3.8) is 0 Å². The summed E-state index contributed by atoms with van der Waals surface area (Å²) in [6, 6.07) is 3.45. The van der Waals surface area contributed by atoms with Gasteiger partial charge in [0.15, 0.2) is 8.32 Å². The summed E-state index contributed by atoms with van der Waals surface area (Å²) in [5.41, 5.74) is 0.0110. The summed E-state index contributed by atoms with van der Waals surface area (Å²) in [6.45, 7) is 13.5. The van der Waals surface area contributed by atoms with Gasteiger partial charge in [-0.2, -0.15) is 0 Å². The Bertz CT molecular complexity index is 196. The summed E-state index contributed by atoms with van der Waals surface area (Å²) in [5.74, 6) is 0.0176. The quantitative estimate of drug-likeness (QED) is 0.502. The fraction of sp³-hybridized carbons (Fsp3) is 0.923. The highest BCUT2D eigenvalue weighted by atomic mass is 28.4. The van der Waals surface area contributed by atoms with E-state index in [0.29, 0.717) is 6.61 Å². The number of hydrogen-bond donors (Lipinski definition) is 0. The van der Waals surface area contributed by atoms with Crippen LogP contribution in [0.4, 0.5) is 0 Å². The highest BCUT2D eigenvalue weighted by molar-refractivity contribution is 6.73. The Labute approximate surface area is 102 Å². The van der Waals surface area contributed by atoms with Crippen molar-refractivity contribution >= 4 is 14.6 Å². The molecular formula is C13H28O2Si. The van der Waals surface area contributed by atoms with E-state index in [9.17, 15) is 4.79 Å². The first-order valence-electron chi connectivity index (χ1n) is 6.44. The zero-order valence-corrected chi connectivity index (χ0v) is 12.8. The molecule has 0 radical (unpaired) electrons. The summed E-state index contributed by atoms with van der Waals surface area (Å²) in [7, 11) is -1.53. The average Bonchev–Trinajstić information content (AvgIpc) is 2.24. The van der Waals surface area contributed by atoms with Gasteiger partial charge in [0.2, 0.25) is 0 Å². The third-order valence-corrected chi connectivity index (χ3v) is 8.42. The van der Waals surface area contributed by atoms with Crippen LogP contribution in [-0.2, 0) is 9.22 Å². The van der Waals surface area contributed by atoms with Crippen molar-refractivity contribution in [3.8, 4) is 0 Å². The van der Waals surface area contributed by atoms with Gasteiger partial charge in [-0.3, -0.25) is 0 Å². The molecule has 16 heavy (non-hydrogen) atoms. The Kier molecular flexibility index (Phi) is 6.49.